The third kappa shape index (κ3) is 4.74. The third-order valence-corrected chi connectivity index (χ3v) is 4.36. The third-order valence-electron chi connectivity index (χ3n) is 4.36. The van der Waals surface area contributed by atoms with E-state index in [1.807, 2.05) is 32.2 Å². The Kier molecular flexibility index (Phi) is 6.59. The average molecular weight is 354 g/mol. The molecule has 6 heteroatoms. The number of nitriles is 1. The molecule has 6 nitrogen and oxygen atoms in total. The van der Waals surface area contributed by atoms with Crippen LogP contribution in [0.2, 0.25) is 0 Å². The van der Waals surface area contributed by atoms with E-state index in [-0.39, 0.29) is 11.9 Å². The van der Waals surface area contributed by atoms with Crippen LogP contribution in [-0.4, -0.2) is 33.2 Å². The molecule has 0 saturated heterocycles. The minimum Gasteiger partial charge on any atom is -0.497 e. The summed E-state index contributed by atoms with van der Waals surface area (Å²) < 4.78 is 10.6. The van der Waals surface area contributed by atoms with Gasteiger partial charge in [-0.25, -0.2) is 0 Å². The molecule has 0 saturated carbocycles. The second-order valence-electron chi connectivity index (χ2n) is 6.10. The van der Waals surface area contributed by atoms with Gasteiger partial charge in [0.05, 0.1) is 32.9 Å². The Morgan fingerprint density at radius 1 is 1.23 bits per heavy atom. The van der Waals surface area contributed by atoms with Gasteiger partial charge in [-0.2, -0.15) is 5.26 Å². The van der Waals surface area contributed by atoms with Crippen molar-refractivity contribution in [2.75, 3.05) is 26.6 Å². The van der Waals surface area contributed by atoms with Crippen LogP contribution in [-0.2, 0) is 11.3 Å². The predicted molar refractivity (Wildman–Crippen MR) is 99.4 cm³/mol. The highest BCUT2D eigenvalue weighted by Gasteiger charge is 2.23. The lowest BCUT2D eigenvalue weighted by Gasteiger charge is -2.22. The fraction of sp³-hybridized carbons (Fsp3) is 0.300. The second kappa shape index (κ2) is 8.88. The fourth-order valence-corrected chi connectivity index (χ4v) is 2.59. The maximum Gasteiger partial charge on any atom is 0.282 e. The Morgan fingerprint density at radius 3 is 2.65 bits per heavy atom. The number of carbonyl (C=O) groups excluding carboxylic acids is 1. The molecule has 136 valence electrons. The van der Waals surface area contributed by atoms with Crippen molar-refractivity contribution >= 4 is 11.6 Å². The van der Waals surface area contributed by atoms with Gasteiger partial charge in [0.1, 0.15) is 18.0 Å². The first-order valence-corrected chi connectivity index (χ1v) is 8.32. The molecule has 2 aromatic carbocycles. The van der Waals surface area contributed by atoms with Crippen LogP contribution in [0.1, 0.15) is 18.1 Å². The van der Waals surface area contributed by atoms with Crippen molar-refractivity contribution in [3.8, 4) is 17.6 Å². The van der Waals surface area contributed by atoms with Crippen molar-refractivity contribution in [2.45, 2.75) is 19.5 Å². The van der Waals surface area contributed by atoms with E-state index in [1.54, 1.807) is 38.5 Å². The number of benzene rings is 2. The maximum absolute atomic E-state index is 12.5. The first-order valence-electron chi connectivity index (χ1n) is 8.32. The Hall–Kier alpha value is -3.04. The molecule has 0 aliphatic rings. The molecule has 0 aromatic heterocycles. The quantitative estimate of drug-likeness (QED) is 0.792. The van der Waals surface area contributed by atoms with Crippen LogP contribution >= 0.6 is 0 Å². The first kappa shape index (κ1) is 19.3. The zero-order valence-electron chi connectivity index (χ0n) is 15.5. The van der Waals surface area contributed by atoms with Crippen LogP contribution in [0.25, 0.3) is 0 Å². The highest BCUT2D eigenvalue weighted by atomic mass is 16.5. The number of anilines is 1. The van der Waals surface area contributed by atoms with E-state index in [9.17, 15) is 4.79 Å². The summed E-state index contributed by atoms with van der Waals surface area (Å²) >= 11 is 0. The van der Waals surface area contributed by atoms with Crippen molar-refractivity contribution in [3.63, 3.8) is 0 Å². The van der Waals surface area contributed by atoms with Crippen molar-refractivity contribution in [1.29, 1.82) is 5.26 Å². The molecule has 26 heavy (non-hydrogen) atoms. The minimum atomic E-state index is -0.285. The predicted octanol–water partition coefficient (Wildman–Crippen LogP) is 1.62. The molecule has 2 N–H and O–H groups in total. The molecule has 0 aliphatic heterocycles. The summed E-state index contributed by atoms with van der Waals surface area (Å²) in [5.41, 5.74) is 2.13. The molecule has 2 atom stereocenters. The molecule has 1 amide bonds. The molecule has 0 radical (unpaired) electrons. The van der Waals surface area contributed by atoms with Crippen molar-refractivity contribution < 1.29 is 19.2 Å². The SMILES string of the molecule is COc1ccc(C[NH+](C)[C@H](C)C(=O)Nc2cccc(C#N)c2)c(OC)c1. The number of nitrogens with one attached hydrogen (secondary N) is 2. The summed E-state index contributed by atoms with van der Waals surface area (Å²) in [6.45, 7) is 2.49. The molecule has 1 unspecified atom stereocenters. The summed E-state index contributed by atoms with van der Waals surface area (Å²) in [7, 11) is 5.19. The molecule has 0 fully saturated rings. The van der Waals surface area contributed by atoms with E-state index in [2.05, 4.69) is 11.4 Å². The van der Waals surface area contributed by atoms with Gasteiger partial charge in [-0.15, -0.1) is 0 Å². The molecule has 0 heterocycles. The Balaban J connectivity index is 2.05. The minimum absolute atomic E-state index is 0.106. The number of quaternary nitrogens is 1. The van der Waals surface area contributed by atoms with E-state index in [4.69, 9.17) is 14.7 Å². The van der Waals surface area contributed by atoms with Crippen LogP contribution in [0.5, 0.6) is 11.5 Å². The summed E-state index contributed by atoms with van der Waals surface area (Å²) in [4.78, 5) is 13.5. The molecule has 2 aromatic rings. The Bertz CT molecular complexity index is 814. The Labute approximate surface area is 153 Å². The van der Waals surface area contributed by atoms with Crippen molar-refractivity contribution in [2.24, 2.45) is 0 Å². The van der Waals surface area contributed by atoms with Gasteiger partial charge in [-0.3, -0.25) is 4.79 Å². The zero-order chi connectivity index (χ0) is 19.1. The van der Waals surface area contributed by atoms with Crippen LogP contribution in [0.15, 0.2) is 42.5 Å². The molecule has 2 rings (SSSR count). The van der Waals surface area contributed by atoms with Gasteiger partial charge in [0.15, 0.2) is 6.04 Å². The monoisotopic (exact) mass is 354 g/mol. The average Bonchev–Trinajstić information content (AvgIpc) is 2.67. The van der Waals surface area contributed by atoms with Crippen molar-refractivity contribution in [3.05, 3.63) is 53.6 Å². The van der Waals surface area contributed by atoms with Gasteiger partial charge in [0, 0.05) is 17.3 Å². The number of ether oxygens (including phenoxy) is 2. The highest BCUT2D eigenvalue weighted by molar-refractivity contribution is 5.93. The number of rotatable bonds is 7. The van der Waals surface area contributed by atoms with Crippen molar-refractivity contribution in [1.82, 2.24) is 0 Å². The fourth-order valence-electron chi connectivity index (χ4n) is 2.59. The topological polar surface area (TPSA) is 75.8 Å². The largest absolute Gasteiger partial charge is 0.497 e. The normalized spacial score (nSPS) is 12.6. The molecular formula is C20H24N3O3+. The van der Waals surface area contributed by atoms with Crippen LogP contribution in [0.4, 0.5) is 5.69 Å². The zero-order valence-corrected chi connectivity index (χ0v) is 15.5. The molecule has 0 bridgehead atoms. The number of nitrogens with zero attached hydrogens (tertiary/aromatic N) is 1. The summed E-state index contributed by atoms with van der Waals surface area (Å²) in [5.74, 6) is 1.36. The smallest absolute Gasteiger partial charge is 0.282 e. The van der Waals surface area contributed by atoms with E-state index in [0.29, 0.717) is 17.8 Å². The lowest BCUT2D eigenvalue weighted by atomic mass is 10.1. The molecule has 0 aliphatic carbocycles. The number of likely N-dealkylation sites (N-methyl/N-ethyl adjacent to an activating group) is 1. The Morgan fingerprint density at radius 2 is 2.00 bits per heavy atom. The van der Waals surface area contributed by atoms with E-state index < -0.39 is 0 Å². The van der Waals surface area contributed by atoms with Gasteiger partial charge >= 0.3 is 0 Å². The summed E-state index contributed by atoms with van der Waals surface area (Å²) in [6, 6.07) is 14.3. The van der Waals surface area contributed by atoms with Gasteiger partial charge < -0.3 is 19.7 Å². The number of methoxy groups -OCH3 is 2. The van der Waals surface area contributed by atoms with Crippen LogP contribution < -0.4 is 19.7 Å². The number of carbonyl (C=O) groups is 1. The first-order chi connectivity index (χ1) is 12.5. The lowest BCUT2D eigenvalue weighted by Crippen LogP contribution is -3.12. The molecular weight excluding hydrogens is 330 g/mol. The van der Waals surface area contributed by atoms with Gasteiger partial charge in [0.25, 0.3) is 5.91 Å². The van der Waals surface area contributed by atoms with Crippen LogP contribution in [0.3, 0.4) is 0 Å². The summed E-state index contributed by atoms with van der Waals surface area (Å²) in [6.07, 6.45) is 0. The second-order valence-corrected chi connectivity index (χ2v) is 6.10. The van der Waals surface area contributed by atoms with E-state index in [0.717, 1.165) is 22.0 Å². The number of amides is 1. The van der Waals surface area contributed by atoms with E-state index in [1.165, 1.54) is 0 Å². The van der Waals surface area contributed by atoms with Gasteiger partial charge in [-0.1, -0.05) is 6.07 Å². The number of hydrogen-bond donors (Lipinski definition) is 2. The lowest BCUT2D eigenvalue weighted by molar-refractivity contribution is -0.907. The highest BCUT2D eigenvalue weighted by Crippen LogP contribution is 2.23. The van der Waals surface area contributed by atoms with Crippen LogP contribution in [0, 0.1) is 11.3 Å². The maximum atomic E-state index is 12.5. The van der Waals surface area contributed by atoms with Gasteiger partial charge in [-0.05, 0) is 37.3 Å². The van der Waals surface area contributed by atoms with Gasteiger partial charge in [0.2, 0.25) is 0 Å². The summed E-state index contributed by atoms with van der Waals surface area (Å²) in [5, 5.41) is 11.8. The molecule has 0 spiro atoms. The number of hydrogen-bond acceptors (Lipinski definition) is 4. The standard InChI is InChI=1S/C20H23N3O3/c1-14(20(24)22-17-7-5-6-15(10-17)12-21)23(2)13-16-8-9-18(25-3)11-19(16)26-4/h5-11,14H,13H2,1-4H3,(H,22,24)/p+1/t14-/m1/s1. The van der Waals surface area contributed by atoms with E-state index >= 15 is 0 Å².